The first-order valence-corrected chi connectivity index (χ1v) is 10.7. The van der Waals surface area contributed by atoms with Crippen LogP contribution in [0.2, 0.25) is 0 Å². The number of carbonyl (C=O) groups is 2. The van der Waals surface area contributed by atoms with Crippen molar-refractivity contribution in [3.05, 3.63) is 17.8 Å². The number of aromatic nitrogens is 1. The Hall–Kier alpha value is -2.73. The van der Waals surface area contributed by atoms with E-state index in [-0.39, 0.29) is 36.0 Å². The molecule has 0 saturated heterocycles. The first kappa shape index (κ1) is 27.5. The summed E-state index contributed by atoms with van der Waals surface area (Å²) < 4.78 is 88.4. The van der Waals surface area contributed by atoms with Crippen molar-refractivity contribution in [1.82, 2.24) is 10.3 Å². The fraction of sp³-hybridized carbons (Fsp3) is 0.667. The molecule has 34 heavy (non-hydrogen) atoms. The summed E-state index contributed by atoms with van der Waals surface area (Å²) >= 11 is 0. The van der Waals surface area contributed by atoms with Crippen molar-refractivity contribution < 1.29 is 45.4 Å². The summed E-state index contributed by atoms with van der Waals surface area (Å²) in [6, 6.07) is 1.92. The first-order chi connectivity index (χ1) is 15.7. The minimum atomic E-state index is -4.93. The zero-order valence-electron chi connectivity index (χ0n) is 19.0. The molecule has 1 heterocycles. The standard InChI is InChI=1S/C21H27F6N3O4/c1-4-19(5-2,18(32)33-3)29-16(31)14-8-9-15(17(28-14)34-10-13-6-7-13)30(11-20(22,23)24)12-21(25,26)27/h8-9,13H,4-7,10-12H2,1-3H3,(H,29,31). The Balaban J connectivity index is 2.43. The predicted octanol–water partition coefficient (Wildman–Crippen LogP) is 4.26. The van der Waals surface area contributed by atoms with Crippen molar-refractivity contribution in [3.63, 3.8) is 0 Å². The van der Waals surface area contributed by atoms with Gasteiger partial charge in [0, 0.05) is 0 Å². The quantitative estimate of drug-likeness (QED) is 0.362. The molecule has 1 fully saturated rings. The average molecular weight is 499 g/mol. The maximum atomic E-state index is 13.0. The molecule has 0 aromatic carbocycles. The minimum Gasteiger partial charge on any atom is -0.476 e. The van der Waals surface area contributed by atoms with Crippen molar-refractivity contribution >= 4 is 17.6 Å². The van der Waals surface area contributed by atoms with Gasteiger partial charge in [0.15, 0.2) is 0 Å². The third kappa shape index (κ3) is 7.66. The van der Waals surface area contributed by atoms with E-state index in [0.29, 0.717) is 0 Å². The molecule has 7 nitrogen and oxygen atoms in total. The van der Waals surface area contributed by atoms with Gasteiger partial charge in [-0.1, -0.05) is 13.8 Å². The van der Waals surface area contributed by atoms with Crippen molar-refractivity contribution in [3.8, 4) is 5.88 Å². The van der Waals surface area contributed by atoms with Gasteiger partial charge in [-0.15, -0.1) is 0 Å². The fourth-order valence-corrected chi connectivity index (χ4v) is 3.29. The average Bonchev–Trinajstić information content (AvgIpc) is 3.57. The Morgan fingerprint density at radius 1 is 1.06 bits per heavy atom. The molecule has 0 spiro atoms. The van der Waals surface area contributed by atoms with Crippen LogP contribution in [-0.4, -0.2) is 61.6 Å². The van der Waals surface area contributed by atoms with E-state index in [1.165, 1.54) is 0 Å². The number of halogens is 6. The molecule has 0 bridgehead atoms. The van der Waals surface area contributed by atoms with Crippen LogP contribution in [0.3, 0.4) is 0 Å². The van der Waals surface area contributed by atoms with E-state index in [1.54, 1.807) is 13.8 Å². The van der Waals surface area contributed by atoms with Gasteiger partial charge in [-0.25, -0.2) is 9.78 Å². The van der Waals surface area contributed by atoms with E-state index < -0.39 is 54.4 Å². The van der Waals surface area contributed by atoms with E-state index in [2.05, 4.69) is 10.3 Å². The van der Waals surface area contributed by atoms with Crippen LogP contribution in [0.4, 0.5) is 32.0 Å². The highest BCUT2D eigenvalue weighted by molar-refractivity contribution is 5.97. The topological polar surface area (TPSA) is 80.8 Å². The van der Waals surface area contributed by atoms with Gasteiger partial charge in [0.05, 0.1) is 13.7 Å². The number of methoxy groups -OCH3 is 1. The summed E-state index contributed by atoms with van der Waals surface area (Å²) in [5.74, 6) is -1.97. The first-order valence-electron chi connectivity index (χ1n) is 10.7. The lowest BCUT2D eigenvalue weighted by molar-refractivity contribution is -0.148. The number of hydrogen-bond acceptors (Lipinski definition) is 6. The third-order valence-corrected chi connectivity index (χ3v) is 5.44. The molecular formula is C21H27F6N3O4. The van der Waals surface area contributed by atoms with Crippen molar-refractivity contribution in [2.45, 2.75) is 57.4 Å². The third-order valence-electron chi connectivity index (χ3n) is 5.44. The van der Waals surface area contributed by atoms with Crippen LogP contribution in [0.15, 0.2) is 12.1 Å². The number of pyridine rings is 1. The van der Waals surface area contributed by atoms with Crippen molar-refractivity contribution in [2.75, 3.05) is 31.7 Å². The van der Waals surface area contributed by atoms with Gasteiger partial charge in [-0.05, 0) is 43.7 Å². The SMILES string of the molecule is CCC(CC)(NC(=O)c1ccc(N(CC(F)(F)F)CC(F)(F)F)c(OCC2CC2)n1)C(=O)OC. The van der Waals surface area contributed by atoms with Gasteiger partial charge >= 0.3 is 18.3 Å². The minimum absolute atomic E-state index is 0.0347. The lowest BCUT2D eigenvalue weighted by Gasteiger charge is -2.30. The molecule has 0 unspecified atom stereocenters. The lowest BCUT2D eigenvalue weighted by Crippen LogP contribution is -2.54. The van der Waals surface area contributed by atoms with Crippen LogP contribution >= 0.6 is 0 Å². The molecule has 1 aromatic heterocycles. The molecule has 2 rings (SSSR count). The van der Waals surface area contributed by atoms with Crippen LogP contribution in [0.5, 0.6) is 5.88 Å². The number of amides is 1. The van der Waals surface area contributed by atoms with Crippen LogP contribution in [-0.2, 0) is 9.53 Å². The number of rotatable bonds is 11. The summed E-state index contributed by atoms with van der Waals surface area (Å²) in [7, 11) is 1.15. The number of anilines is 1. The molecule has 0 aliphatic heterocycles. The van der Waals surface area contributed by atoms with Crippen LogP contribution in [0.25, 0.3) is 0 Å². The Morgan fingerprint density at radius 2 is 1.62 bits per heavy atom. The van der Waals surface area contributed by atoms with Gasteiger partial charge in [0.1, 0.15) is 30.0 Å². The highest BCUT2D eigenvalue weighted by Gasteiger charge is 2.40. The lowest BCUT2D eigenvalue weighted by atomic mass is 9.92. The van der Waals surface area contributed by atoms with Crippen molar-refractivity contribution in [2.24, 2.45) is 5.92 Å². The van der Waals surface area contributed by atoms with Gasteiger partial charge in [0.25, 0.3) is 5.91 Å². The number of nitrogens with one attached hydrogen (secondary N) is 1. The maximum absolute atomic E-state index is 13.0. The normalized spacial score (nSPS) is 14.5. The number of alkyl halides is 6. The summed E-state index contributed by atoms with van der Waals surface area (Å²) in [4.78, 5) is 29.0. The second-order valence-electron chi connectivity index (χ2n) is 8.10. The second-order valence-corrected chi connectivity index (χ2v) is 8.10. The van der Waals surface area contributed by atoms with Gasteiger partial charge in [-0.3, -0.25) is 4.79 Å². The number of nitrogens with zero attached hydrogens (tertiary/aromatic N) is 2. The summed E-state index contributed by atoms with van der Waals surface area (Å²) in [5, 5.41) is 2.52. The molecule has 192 valence electrons. The Morgan fingerprint density at radius 3 is 2.06 bits per heavy atom. The molecule has 1 aliphatic rings. The van der Waals surface area contributed by atoms with E-state index >= 15 is 0 Å². The van der Waals surface area contributed by atoms with Crippen LogP contribution in [0.1, 0.15) is 50.0 Å². The Kier molecular flexibility index (Phi) is 8.65. The van der Waals surface area contributed by atoms with Crippen LogP contribution in [0, 0.1) is 5.92 Å². The largest absolute Gasteiger partial charge is 0.476 e. The second kappa shape index (κ2) is 10.7. The van der Waals surface area contributed by atoms with E-state index in [1.807, 2.05) is 0 Å². The van der Waals surface area contributed by atoms with Gasteiger partial charge in [-0.2, -0.15) is 26.3 Å². The molecule has 0 atom stereocenters. The summed E-state index contributed by atoms with van der Waals surface area (Å²) in [6.45, 7) is -0.457. The molecule has 0 radical (unpaired) electrons. The molecule has 1 N–H and O–H groups in total. The smallest absolute Gasteiger partial charge is 0.405 e. The highest BCUT2D eigenvalue weighted by Crippen LogP contribution is 2.35. The molecular weight excluding hydrogens is 472 g/mol. The zero-order valence-corrected chi connectivity index (χ0v) is 19.0. The van der Waals surface area contributed by atoms with E-state index in [9.17, 15) is 35.9 Å². The number of carbonyl (C=O) groups excluding carboxylic acids is 2. The molecule has 1 amide bonds. The number of esters is 1. The number of ether oxygens (including phenoxy) is 2. The van der Waals surface area contributed by atoms with Crippen LogP contribution < -0.4 is 15.0 Å². The molecule has 1 saturated carbocycles. The fourth-order valence-electron chi connectivity index (χ4n) is 3.29. The molecule has 13 heteroatoms. The molecule has 1 aliphatic carbocycles. The zero-order chi connectivity index (χ0) is 25.7. The predicted molar refractivity (Wildman–Crippen MR) is 110 cm³/mol. The molecule has 1 aromatic rings. The van der Waals surface area contributed by atoms with Gasteiger partial charge < -0.3 is 19.7 Å². The highest BCUT2D eigenvalue weighted by atomic mass is 19.4. The Labute approximate surface area is 192 Å². The van der Waals surface area contributed by atoms with Gasteiger partial charge in [0.2, 0.25) is 5.88 Å². The van der Waals surface area contributed by atoms with Crippen molar-refractivity contribution in [1.29, 1.82) is 0 Å². The summed E-state index contributed by atoms with van der Waals surface area (Å²) in [6.07, 6.45) is -7.90. The van der Waals surface area contributed by atoms with E-state index in [0.717, 1.165) is 32.1 Å². The monoisotopic (exact) mass is 499 g/mol. The maximum Gasteiger partial charge on any atom is 0.405 e. The Bertz CT molecular complexity index is 851. The van der Waals surface area contributed by atoms with E-state index in [4.69, 9.17) is 9.47 Å². The summed E-state index contributed by atoms with van der Waals surface area (Å²) in [5.41, 5.74) is -2.25. The number of hydrogen-bond donors (Lipinski definition) is 1.